The molecule has 4 rings (SSSR count). The lowest BCUT2D eigenvalue weighted by Crippen LogP contribution is -2.25. The molecule has 0 atom stereocenters. The second kappa shape index (κ2) is 8.93. The van der Waals surface area contributed by atoms with Crippen molar-refractivity contribution in [1.29, 1.82) is 0 Å². The van der Waals surface area contributed by atoms with Crippen LogP contribution >= 0.6 is 0 Å². The Kier molecular flexibility index (Phi) is 5.92. The van der Waals surface area contributed by atoms with Gasteiger partial charge >= 0.3 is 0 Å². The number of carbonyl (C=O) groups excluding carboxylic acids is 1. The first kappa shape index (κ1) is 19.2. The summed E-state index contributed by atoms with van der Waals surface area (Å²) in [6.07, 6.45) is 2.52. The van der Waals surface area contributed by atoms with E-state index in [2.05, 4.69) is 34.5 Å². The molecule has 0 bridgehead atoms. The van der Waals surface area contributed by atoms with Crippen molar-refractivity contribution in [2.45, 2.75) is 32.0 Å². The minimum Gasteiger partial charge on any atom is -0.497 e. The Morgan fingerprint density at radius 2 is 1.48 bits per heavy atom. The van der Waals surface area contributed by atoms with Crippen molar-refractivity contribution in [1.82, 2.24) is 4.90 Å². The molecule has 0 heterocycles. The summed E-state index contributed by atoms with van der Waals surface area (Å²) < 4.78 is 5.25. The normalized spacial score (nSPS) is 13.3. The number of benzene rings is 3. The molecule has 1 saturated carbocycles. The van der Waals surface area contributed by atoms with Crippen LogP contribution in [0.3, 0.4) is 0 Å². The summed E-state index contributed by atoms with van der Waals surface area (Å²) in [5.41, 5.74) is 3.99. The second-order valence-corrected chi connectivity index (χ2v) is 7.50. The third-order valence-electron chi connectivity index (χ3n) is 5.24. The fourth-order valence-electron chi connectivity index (χ4n) is 3.44. The van der Waals surface area contributed by atoms with Gasteiger partial charge in [-0.1, -0.05) is 42.5 Å². The topological polar surface area (TPSA) is 41.6 Å². The van der Waals surface area contributed by atoms with E-state index in [-0.39, 0.29) is 5.91 Å². The molecular formula is C25H26N2O2. The van der Waals surface area contributed by atoms with Gasteiger partial charge in [0.15, 0.2) is 0 Å². The van der Waals surface area contributed by atoms with Crippen LogP contribution in [-0.4, -0.2) is 24.0 Å². The van der Waals surface area contributed by atoms with E-state index in [1.54, 1.807) is 7.11 Å². The maximum Gasteiger partial charge on any atom is 0.255 e. The lowest BCUT2D eigenvalue weighted by atomic mass is 10.1. The Morgan fingerprint density at radius 3 is 2.03 bits per heavy atom. The first-order valence-corrected chi connectivity index (χ1v) is 10.0. The van der Waals surface area contributed by atoms with Gasteiger partial charge in [0.1, 0.15) is 5.75 Å². The maximum atomic E-state index is 12.4. The number of nitrogens with one attached hydrogen (secondary N) is 1. The summed E-state index contributed by atoms with van der Waals surface area (Å²) >= 11 is 0. The van der Waals surface area contributed by atoms with Gasteiger partial charge in [0.2, 0.25) is 0 Å². The lowest BCUT2D eigenvalue weighted by Gasteiger charge is -2.22. The Morgan fingerprint density at radius 1 is 0.897 bits per heavy atom. The molecule has 1 N–H and O–H groups in total. The molecule has 148 valence electrons. The van der Waals surface area contributed by atoms with E-state index >= 15 is 0 Å². The van der Waals surface area contributed by atoms with E-state index in [1.807, 2.05) is 54.6 Å². The minimum absolute atomic E-state index is 0.0833. The van der Waals surface area contributed by atoms with Gasteiger partial charge < -0.3 is 10.1 Å². The summed E-state index contributed by atoms with van der Waals surface area (Å²) in [7, 11) is 1.69. The van der Waals surface area contributed by atoms with Crippen molar-refractivity contribution in [2.24, 2.45) is 0 Å². The van der Waals surface area contributed by atoms with Crippen molar-refractivity contribution in [3.05, 3.63) is 95.6 Å². The van der Waals surface area contributed by atoms with Gasteiger partial charge in [0.05, 0.1) is 7.11 Å². The van der Waals surface area contributed by atoms with Gasteiger partial charge in [-0.3, -0.25) is 9.69 Å². The van der Waals surface area contributed by atoms with E-state index in [0.29, 0.717) is 11.6 Å². The average molecular weight is 386 g/mol. The molecule has 0 radical (unpaired) electrons. The second-order valence-electron chi connectivity index (χ2n) is 7.50. The van der Waals surface area contributed by atoms with Crippen LogP contribution in [0.5, 0.6) is 5.75 Å². The van der Waals surface area contributed by atoms with Crippen LogP contribution in [-0.2, 0) is 13.1 Å². The van der Waals surface area contributed by atoms with Gasteiger partial charge in [0.25, 0.3) is 5.91 Å². The molecule has 1 aliphatic carbocycles. The third kappa shape index (κ3) is 5.24. The highest BCUT2D eigenvalue weighted by molar-refractivity contribution is 6.04. The highest BCUT2D eigenvalue weighted by Gasteiger charge is 2.29. The number of para-hydroxylation sites is 1. The number of anilines is 1. The maximum absolute atomic E-state index is 12.4. The van der Waals surface area contributed by atoms with Crippen LogP contribution in [0.15, 0.2) is 78.9 Å². The van der Waals surface area contributed by atoms with E-state index in [4.69, 9.17) is 4.74 Å². The van der Waals surface area contributed by atoms with Crippen LogP contribution < -0.4 is 10.1 Å². The molecule has 4 nitrogen and oxygen atoms in total. The molecule has 0 aliphatic heterocycles. The molecule has 1 fully saturated rings. The monoisotopic (exact) mass is 386 g/mol. The highest BCUT2D eigenvalue weighted by atomic mass is 16.5. The number of nitrogens with zero attached hydrogens (tertiary/aromatic N) is 1. The molecule has 1 aliphatic rings. The molecular weight excluding hydrogens is 360 g/mol. The zero-order chi connectivity index (χ0) is 20.1. The van der Waals surface area contributed by atoms with Gasteiger partial charge in [-0.05, 0) is 60.4 Å². The quantitative estimate of drug-likeness (QED) is 0.585. The largest absolute Gasteiger partial charge is 0.497 e. The zero-order valence-corrected chi connectivity index (χ0v) is 16.7. The molecule has 4 heteroatoms. The van der Waals surface area contributed by atoms with Gasteiger partial charge in [-0.15, -0.1) is 0 Å². The number of hydrogen-bond donors (Lipinski definition) is 1. The fraction of sp³-hybridized carbons (Fsp3) is 0.240. The number of hydrogen-bond acceptors (Lipinski definition) is 3. The van der Waals surface area contributed by atoms with Crippen LogP contribution in [0.25, 0.3) is 0 Å². The predicted octanol–water partition coefficient (Wildman–Crippen LogP) is 5.11. The fourth-order valence-corrected chi connectivity index (χ4v) is 3.44. The van der Waals surface area contributed by atoms with Crippen molar-refractivity contribution < 1.29 is 9.53 Å². The predicted molar refractivity (Wildman–Crippen MR) is 116 cm³/mol. The lowest BCUT2D eigenvalue weighted by molar-refractivity contribution is 0.102. The number of methoxy groups -OCH3 is 1. The third-order valence-corrected chi connectivity index (χ3v) is 5.24. The van der Waals surface area contributed by atoms with Crippen LogP contribution in [0.2, 0.25) is 0 Å². The molecule has 0 spiro atoms. The molecule has 3 aromatic rings. The Hall–Kier alpha value is -3.11. The average Bonchev–Trinajstić information content (AvgIpc) is 3.60. The van der Waals surface area contributed by atoms with E-state index in [0.717, 1.165) is 24.5 Å². The van der Waals surface area contributed by atoms with Gasteiger partial charge in [0, 0.05) is 30.4 Å². The van der Waals surface area contributed by atoms with E-state index < -0.39 is 0 Å². The Labute approximate surface area is 172 Å². The van der Waals surface area contributed by atoms with Crippen LogP contribution in [0.1, 0.15) is 34.3 Å². The SMILES string of the molecule is COc1ccc(CN(Cc2ccc(C(=O)Nc3ccccc3)cc2)C2CC2)cc1. The van der Waals surface area contributed by atoms with Gasteiger partial charge in [-0.2, -0.15) is 0 Å². The smallest absolute Gasteiger partial charge is 0.255 e. The molecule has 0 unspecified atom stereocenters. The van der Waals surface area contributed by atoms with Crippen molar-refractivity contribution in [2.75, 3.05) is 12.4 Å². The summed E-state index contributed by atoms with van der Waals surface area (Å²) in [6, 6.07) is 26.4. The standard InChI is InChI=1S/C25H26N2O2/c1-29-24-15-9-20(10-16-24)18-27(23-13-14-23)17-19-7-11-21(12-8-19)25(28)26-22-5-3-2-4-6-22/h2-12,15-16,23H,13-14,17-18H2,1H3,(H,26,28). The summed E-state index contributed by atoms with van der Waals surface area (Å²) in [5.74, 6) is 0.802. The van der Waals surface area contributed by atoms with Crippen LogP contribution in [0.4, 0.5) is 5.69 Å². The Bertz CT molecular complexity index is 933. The van der Waals surface area contributed by atoms with Crippen molar-refractivity contribution in [3.63, 3.8) is 0 Å². The van der Waals surface area contributed by atoms with E-state index in [9.17, 15) is 4.79 Å². The summed E-state index contributed by atoms with van der Waals surface area (Å²) in [5, 5.41) is 2.93. The van der Waals surface area contributed by atoms with Gasteiger partial charge in [-0.25, -0.2) is 0 Å². The molecule has 0 aromatic heterocycles. The van der Waals surface area contributed by atoms with Crippen molar-refractivity contribution >= 4 is 11.6 Å². The number of ether oxygens (including phenoxy) is 1. The van der Waals surface area contributed by atoms with E-state index in [1.165, 1.54) is 24.0 Å². The number of carbonyl (C=O) groups is 1. The number of amides is 1. The molecule has 3 aromatic carbocycles. The molecule has 1 amide bonds. The van der Waals surface area contributed by atoms with Crippen LogP contribution in [0, 0.1) is 0 Å². The minimum atomic E-state index is -0.0833. The summed E-state index contributed by atoms with van der Waals surface area (Å²) in [4.78, 5) is 14.9. The molecule has 29 heavy (non-hydrogen) atoms. The highest BCUT2D eigenvalue weighted by Crippen LogP contribution is 2.30. The molecule has 0 saturated heterocycles. The Balaban J connectivity index is 1.38. The summed E-state index contributed by atoms with van der Waals surface area (Å²) in [6.45, 7) is 1.81. The number of rotatable bonds is 8. The first-order chi connectivity index (χ1) is 14.2. The first-order valence-electron chi connectivity index (χ1n) is 10.0. The van der Waals surface area contributed by atoms with Crippen molar-refractivity contribution in [3.8, 4) is 5.75 Å². The zero-order valence-electron chi connectivity index (χ0n) is 16.7.